The molecule has 17 heavy (non-hydrogen) atoms. The maximum absolute atomic E-state index is 12.0. The van der Waals surface area contributed by atoms with Gasteiger partial charge in [-0.05, 0) is 32.1 Å². The van der Waals surface area contributed by atoms with Crippen molar-refractivity contribution < 1.29 is 9.59 Å². The molecule has 2 aliphatic heterocycles. The van der Waals surface area contributed by atoms with E-state index >= 15 is 0 Å². The Morgan fingerprint density at radius 1 is 1.41 bits per heavy atom. The molecule has 2 N–H and O–H groups in total. The largest absolute Gasteiger partial charge is 0.356 e. The van der Waals surface area contributed by atoms with Crippen molar-refractivity contribution in [1.82, 2.24) is 15.5 Å². The molecule has 0 aromatic rings. The van der Waals surface area contributed by atoms with E-state index in [1.165, 1.54) is 0 Å². The zero-order valence-corrected chi connectivity index (χ0v) is 10.00. The summed E-state index contributed by atoms with van der Waals surface area (Å²) >= 11 is 0. The van der Waals surface area contributed by atoms with Crippen molar-refractivity contribution in [3.63, 3.8) is 0 Å². The van der Waals surface area contributed by atoms with Gasteiger partial charge in [0.2, 0.25) is 5.91 Å². The Hall–Kier alpha value is -1.26. The zero-order valence-electron chi connectivity index (χ0n) is 10.00. The van der Waals surface area contributed by atoms with Gasteiger partial charge in [-0.1, -0.05) is 0 Å². The molecule has 94 valence electrons. The molecular weight excluding hydrogens is 218 g/mol. The summed E-state index contributed by atoms with van der Waals surface area (Å²) in [5.41, 5.74) is -0.293. The lowest BCUT2D eigenvalue weighted by Gasteiger charge is -2.38. The third-order valence-corrected chi connectivity index (χ3v) is 4.14. The fourth-order valence-electron chi connectivity index (χ4n) is 2.90. The van der Waals surface area contributed by atoms with Gasteiger partial charge in [-0.25, -0.2) is 4.79 Å². The van der Waals surface area contributed by atoms with Crippen molar-refractivity contribution in [2.24, 2.45) is 5.41 Å². The third kappa shape index (κ3) is 1.98. The van der Waals surface area contributed by atoms with E-state index in [4.69, 9.17) is 0 Å². The standard InChI is InChI=1S/C12H19N3O2/c16-10-12(5-6-13-10)4-1-7-15(8-12)11(17)14-9-2-3-9/h9H,1-8H2,(H,13,16)(H,14,17). The van der Waals surface area contributed by atoms with E-state index < -0.39 is 0 Å². The van der Waals surface area contributed by atoms with Crippen LogP contribution in [0, 0.1) is 5.41 Å². The van der Waals surface area contributed by atoms with Crippen LogP contribution in [0.25, 0.3) is 0 Å². The Morgan fingerprint density at radius 3 is 2.88 bits per heavy atom. The molecular formula is C12H19N3O2. The number of nitrogens with one attached hydrogen (secondary N) is 2. The summed E-state index contributed by atoms with van der Waals surface area (Å²) in [6.45, 7) is 2.14. The fourth-order valence-corrected chi connectivity index (χ4v) is 2.90. The summed E-state index contributed by atoms with van der Waals surface area (Å²) in [6.07, 6.45) is 4.94. The normalized spacial score (nSPS) is 32.7. The van der Waals surface area contributed by atoms with E-state index in [1.54, 1.807) is 0 Å². The first kappa shape index (κ1) is 10.9. The van der Waals surface area contributed by atoms with Crippen LogP contribution >= 0.6 is 0 Å². The quantitative estimate of drug-likeness (QED) is 0.696. The number of hydrogen-bond acceptors (Lipinski definition) is 2. The van der Waals surface area contributed by atoms with Crippen molar-refractivity contribution in [3.8, 4) is 0 Å². The average Bonchev–Trinajstić information content (AvgIpc) is 3.07. The molecule has 1 saturated carbocycles. The number of hydrogen-bond donors (Lipinski definition) is 2. The molecule has 3 fully saturated rings. The summed E-state index contributed by atoms with van der Waals surface area (Å²) in [4.78, 5) is 25.7. The molecule has 1 spiro atoms. The van der Waals surface area contributed by atoms with E-state index in [0.717, 1.165) is 45.2 Å². The van der Waals surface area contributed by atoms with Gasteiger partial charge in [0.1, 0.15) is 0 Å². The molecule has 3 amide bonds. The van der Waals surface area contributed by atoms with Crippen molar-refractivity contribution in [2.45, 2.75) is 38.1 Å². The Bertz CT molecular complexity index is 354. The minimum atomic E-state index is -0.293. The number of amides is 3. The van der Waals surface area contributed by atoms with E-state index in [-0.39, 0.29) is 17.4 Å². The maximum atomic E-state index is 12.0. The molecule has 3 rings (SSSR count). The molecule has 2 saturated heterocycles. The van der Waals surface area contributed by atoms with E-state index in [1.807, 2.05) is 4.90 Å². The van der Waals surface area contributed by atoms with Crippen LogP contribution in [-0.4, -0.2) is 42.5 Å². The first-order valence-corrected chi connectivity index (χ1v) is 6.53. The molecule has 0 radical (unpaired) electrons. The lowest BCUT2D eigenvalue weighted by Crippen LogP contribution is -2.52. The van der Waals surface area contributed by atoms with Crippen molar-refractivity contribution >= 4 is 11.9 Å². The van der Waals surface area contributed by atoms with Crippen LogP contribution < -0.4 is 10.6 Å². The summed E-state index contributed by atoms with van der Waals surface area (Å²) in [7, 11) is 0. The Morgan fingerprint density at radius 2 is 2.24 bits per heavy atom. The number of carbonyl (C=O) groups excluding carboxylic acids is 2. The highest BCUT2D eigenvalue weighted by Gasteiger charge is 2.46. The van der Waals surface area contributed by atoms with Crippen molar-refractivity contribution in [2.75, 3.05) is 19.6 Å². The number of likely N-dealkylation sites (tertiary alicyclic amines) is 1. The molecule has 3 aliphatic rings. The van der Waals surface area contributed by atoms with Gasteiger partial charge in [0.05, 0.1) is 5.41 Å². The van der Waals surface area contributed by atoms with Crippen LogP contribution in [0.4, 0.5) is 4.79 Å². The Kier molecular flexibility index (Phi) is 2.49. The predicted molar refractivity (Wildman–Crippen MR) is 62.4 cm³/mol. The number of piperidine rings is 1. The summed E-state index contributed by atoms with van der Waals surface area (Å²) in [6, 6.07) is 0.407. The molecule has 5 heteroatoms. The molecule has 0 bridgehead atoms. The van der Waals surface area contributed by atoms with Crippen LogP contribution in [0.2, 0.25) is 0 Å². The van der Waals surface area contributed by atoms with Gasteiger partial charge in [0, 0.05) is 25.7 Å². The van der Waals surface area contributed by atoms with E-state index in [0.29, 0.717) is 12.6 Å². The van der Waals surface area contributed by atoms with Crippen LogP contribution in [0.1, 0.15) is 32.1 Å². The topological polar surface area (TPSA) is 61.4 Å². The minimum absolute atomic E-state index is 0.0197. The average molecular weight is 237 g/mol. The molecule has 5 nitrogen and oxygen atoms in total. The van der Waals surface area contributed by atoms with Gasteiger partial charge in [0.25, 0.3) is 0 Å². The van der Waals surface area contributed by atoms with Gasteiger partial charge in [0.15, 0.2) is 0 Å². The highest BCUT2D eigenvalue weighted by molar-refractivity contribution is 5.86. The molecule has 1 aliphatic carbocycles. The first-order valence-electron chi connectivity index (χ1n) is 6.53. The smallest absolute Gasteiger partial charge is 0.317 e. The molecule has 2 heterocycles. The zero-order chi connectivity index (χ0) is 11.9. The third-order valence-electron chi connectivity index (χ3n) is 4.14. The monoisotopic (exact) mass is 237 g/mol. The Labute approximate surface area is 101 Å². The SMILES string of the molecule is O=C(NC1CC1)N1CCCC2(CCNC2=O)C1. The molecule has 1 atom stereocenters. The number of rotatable bonds is 1. The van der Waals surface area contributed by atoms with E-state index in [9.17, 15) is 9.59 Å². The van der Waals surface area contributed by atoms with Crippen LogP contribution in [0.15, 0.2) is 0 Å². The number of urea groups is 1. The Balaban J connectivity index is 1.66. The van der Waals surface area contributed by atoms with Crippen molar-refractivity contribution in [3.05, 3.63) is 0 Å². The highest BCUT2D eigenvalue weighted by Crippen LogP contribution is 2.36. The predicted octanol–water partition coefficient (Wildman–Crippen LogP) is 0.460. The van der Waals surface area contributed by atoms with Gasteiger partial charge in [-0.2, -0.15) is 0 Å². The maximum Gasteiger partial charge on any atom is 0.317 e. The molecule has 0 aromatic heterocycles. The summed E-state index contributed by atoms with van der Waals surface area (Å²) in [5.74, 6) is 0.140. The second-order valence-electron chi connectivity index (χ2n) is 5.54. The van der Waals surface area contributed by atoms with Gasteiger partial charge in [-0.15, -0.1) is 0 Å². The van der Waals surface area contributed by atoms with Gasteiger partial charge in [-0.3, -0.25) is 4.79 Å². The first-order chi connectivity index (χ1) is 8.20. The lowest BCUT2D eigenvalue weighted by molar-refractivity contribution is -0.129. The lowest BCUT2D eigenvalue weighted by atomic mass is 9.78. The van der Waals surface area contributed by atoms with E-state index in [2.05, 4.69) is 10.6 Å². The fraction of sp³-hybridized carbons (Fsp3) is 0.833. The van der Waals surface area contributed by atoms with Crippen LogP contribution in [-0.2, 0) is 4.79 Å². The van der Waals surface area contributed by atoms with Gasteiger partial charge >= 0.3 is 6.03 Å². The van der Waals surface area contributed by atoms with Crippen LogP contribution in [0.3, 0.4) is 0 Å². The second-order valence-corrected chi connectivity index (χ2v) is 5.54. The minimum Gasteiger partial charge on any atom is -0.356 e. The number of nitrogens with zero attached hydrogens (tertiary/aromatic N) is 1. The molecule has 1 unspecified atom stereocenters. The summed E-state index contributed by atoms with van der Waals surface area (Å²) in [5, 5.41) is 5.90. The summed E-state index contributed by atoms with van der Waals surface area (Å²) < 4.78 is 0. The molecule has 0 aromatic carbocycles. The van der Waals surface area contributed by atoms with Crippen molar-refractivity contribution in [1.29, 1.82) is 0 Å². The van der Waals surface area contributed by atoms with Crippen LogP contribution in [0.5, 0.6) is 0 Å². The highest BCUT2D eigenvalue weighted by atomic mass is 16.2. The number of carbonyl (C=O) groups is 2. The second kappa shape index (κ2) is 3.89. The van der Waals surface area contributed by atoms with Gasteiger partial charge < -0.3 is 15.5 Å².